The van der Waals surface area contributed by atoms with Crippen LogP contribution in [0.4, 0.5) is 20.2 Å². The Hall–Kier alpha value is -4.24. The Morgan fingerprint density at radius 2 is 1.18 bits per heavy atom. The quantitative estimate of drug-likeness (QED) is 0.224. The highest BCUT2D eigenvalue weighted by atomic mass is 19.1. The van der Waals surface area contributed by atoms with Crippen LogP contribution in [0.25, 0.3) is 33.4 Å². The summed E-state index contributed by atoms with van der Waals surface area (Å²) in [6.45, 7) is 10.4. The molecule has 0 saturated carbocycles. The zero-order chi connectivity index (χ0) is 28.2. The summed E-state index contributed by atoms with van der Waals surface area (Å²) < 4.78 is 31.8. The van der Waals surface area contributed by atoms with Gasteiger partial charge in [0, 0.05) is 16.5 Å². The van der Waals surface area contributed by atoms with E-state index >= 15 is 8.78 Å². The fraction of sp³-hybridized carbons (Fsp3) is 0.189. The van der Waals surface area contributed by atoms with E-state index in [1.165, 1.54) is 28.3 Å². The molecule has 0 N–H and O–H groups in total. The molecule has 0 aromatic heterocycles. The molecule has 1 aliphatic rings. The second-order valence-electron chi connectivity index (χ2n) is 12.1. The summed E-state index contributed by atoms with van der Waals surface area (Å²) in [6.07, 6.45) is 0. The number of hydrogen-bond acceptors (Lipinski definition) is 1. The van der Waals surface area contributed by atoms with E-state index in [9.17, 15) is 0 Å². The van der Waals surface area contributed by atoms with Crippen LogP contribution in [-0.2, 0) is 5.41 Å². The first-order valence-electron chi connectivity index (χ1n) is 13.8. The van der Waals surface area contributed by atoms with Gasteiger partial charge in [-0.15, -0.1) is 0 Å². The molecular formula is C37H33F2N. The molecule has 0 saturated heterocycles. The van der Waals surface area contributed by atoms with Gasteiger partial charge in [-0.1, -0.05) is 92.7 Å². The maximum atomic E-state index is 16.6. The van der Waals surface area contributed by atoms with Gasteiger partial charge >= 0.3 is 0 Å². The van der Waals surface area contributed by atoms with Crippen LogP contribution in [0.3, 0.4) is 0 Å². The SMILES string of the molecule is CC1(C)c2ccccc2-c2cc(-c3cc(-c4ccccc4)c(F)c(N(c4ccccc4F)C(C)(C)C)c3)ccc21. The zero-order valence-electron chi connectivity index (χ0n) is 23.6. The molecule has 5 aromatic carbocycles. The molecule has 1 nitrogen and oxygen atoms in total. The highest BCUT2D eigenvalue weighted by Crippen LogP contribution is 2.50. The minimum Gasteiger partial charge on any atom is -0.331 e. The van der Waals surface area contributed by atoms with Crippen molar-refractivity contribution in [1.82, 2.24) is 0 Å². The van der Waals surface area contributed by atoms with E-state index in [4.69, 9.17) is 0 Å². The van der Waals surface area contributed by atoms with E-state index in [-0.39, 0.29) is 17.0 Å². The zero-order valence-corrected chi connectivity index (χ0v) is 23.6. The molecule has 40 heavy (non-hydrogen) atoms. The van der Waals surface area contributed by atoms with Crippen molar-refractivity contribution in [2.24, 2.45) is 0 Å². The lowest BCUT2D eigenvalue weighted by atomic mass is 9.82. The lowest BCUT2D eigenvalue weighted by Crippen LogP contribution is -2.38. The van der Waals surface area contributed by atoms with Crippen LogP contribution in [0, 0.1) is 11.6 Å². The minimum atomic E-state index is -0.601. The van der Waals surface area contributed by atoms with Crippen LogP contribution in [0.2, 0.25) is 0 Å². The monoisotopic (exact) mass is 529 g/mol. The fourth-order valence-electron chi connectivity index (χ4n) is 6.15. The van der Waals surface area contributed by atoms with Crippen LogP contribution in [-0.4, -0.2) is 5.54 Å². The van der Waals surface area contributed by atoms with Crippen molar-refractivity contribution in [3.05, 3.63) is 132 Å². The van der Waals surface area contributed by atoms with Gasteiger partial charge in [-0.3, -0.25) is 0 Å². The van der Waals surface area contributed by atoms with Gasteiger partial charge in [0.2, 0.25) is 0 Å². The Balaban J connectivity index is 1.62. The topological polar surface area (TPSA) is 3.24 Å². The van der Waals surface area contributed by atoms with Crippen molar-refractivity contribution < 1.29 is 8.78 Å². The van der Waals surface area contributed by atoms with Crippen molar-refractivity contribution in [2.45, 2.75) is 45.6 Å². The summed E-state index contributed by atoms with van der Waals surface area (Å²) in [6, 6.07) is 35.1. The van der Waals surface area contributed by atoms with Crippen LogP contribution in [0.5, 0.6) is 0 Å². The first-order chi connectivity index (χ1) is 19.1. The molecule has 6 rings (SSSR count). The van der Waals surface area contributed by atoms with Gasteiger partial charge in [-0.25, -0.2) is 8.78 Å². The predicted octanol–water partition coefficient (Wildman–Crippen LogP) is 10.5. The van der Waals surface area contributed by atoms with Crippen molar-refractivity contribution in [3.63, 3.8) is 0 Å². The van der Waals surface area contributed by atoms with Crippen molar-refractivity contribution in [2.75, 3.05) is 4.90 Å². The summed E-state index contributed by atoms with van der Waals surface area (Å²) in [5, 5.41) is 0. The second kappa shape index (κ2) is 9.45. The minimum absolute atomic E-state index is 0.0958. The molecule has 0 heterocycles. The summed E-state index contributed by atoms with van der Waals surface area (Å²) >= 11 is 0. The third-order valence-electron chi connectivity index (χ3n) is 8.06. The maximum Gasteiger partial charge on any atom is 0.154 e. The van der Waals surface area contributed by atoms with E-state index in [0.29, 0.717) is 16.9 Å². The van der Waals surface area contributed by atoms with Crippen LogP contribution in [0.15, 0.2) is 109 Å². The van der Waals surface area contributed by atoms with E-state index in [1.54, 1.807) is 23.1 Å². The third kappa shape index (κ3) is 4.21. The first kappa shape index (κ1) is 26.0. The number of nitrogens with zero attached hydrogens (tertiary/aromatic N) is 1. The maximum absolute atomic E-state index is 16.6. The number of fused-ring (bicyclic) bond motifs is 3. The molecule has 0 unspecified atom stereocenters. The Morgan fingerprint density at radius 1 is 0.550 bits per heavy atom. The molecule has 0 bridgehead atoms. The summed E-state index contributed by atoms with van der Waals surface area (Å²) in [7, 11) is 0. The van der Waals surface area contributed by atoms with Gasteiger partial charge in [0.05, 0.1) is 11.4 Å². The van der Waals surface area contributed by atoms with Gasteiger partial charge < -0.3 is 4.90 Å². The molecular weight excluding hydrogens is 496 g/mol. The Labute approximate surface area is 235 Å². The standard InChI is InChI=1S/C37H33F2N/c1-36(2,3)40(33-18-12-11-17-32(33)38)34-23-26(22-28(35(34)39)24-13-7-6-8-14-24)25-19-20-31-29(21-25)27-15-9-10-16-30(27)37(31,4)5/h6-23H,1-5H3. The largest absolute Gasteiger partial charge is 0.331 e. The van der Waals surface area contributed by atoms with Gasteiger partial charge in [0.15, 0.2) is 5.82 Å². The molecule has 0 spiro atoms. The molecule has 1 aliphatic carbocycles. The molecule has 200 valence electrons. The summed E-state index contributed by atoms with van der Waals surface area (Å²) in [5.74, 6) is -0.763. The van der Waals surface area contributed by atoms with E-state index < -0.39 is 5.54 Å². The molecule has 0 fully saturated rings. The lowest BCUT2D eigenvalue weighted by molar-refractivity contribution is 0.527. The Bertz CT molecular complexity index is 1730. The molecule has 0 atom stereocenters. The fourth-order valence-corrected chi connectivity index (χ4v) is 6.15. The van der Waals surface area contributed by atoms with Crippen molar-refractivity contribution in [3.8, 4) is 33.4 Å². The lowest BCUT2D eigenvalue weighted by Gasteiger charge is -2.38. The number of anilines is 2. The van der Waals surface area contributed by atoms with Crippen LogP contribution in [0.1, 0.15) is 45.7 Å². The third-order valence-corrected chi connectivity index (χ3v) is 8.06. The molecule has 0 radical (unpaired) electrons. The number of hydrogen-bond donors (Lipinski definition) is 0. The summed E-state index contributed by atoms with van der Waals surface area (Å²) in [4.78, 5) is 1.78. The first-order valence-corrected chi connectivity index (χ1v) is 13.8. The highest BCUT2D eigenvalue weighted by molar-refractivity contribution is 5.87. The smallest absolute Gasteiger partial charge is 0.154 e. The summed E-state index contributed by atoms with van der Waals surface area (Å²) in [5.41, 5.74) is 8.15. The van der Waals surface area contributed by atoms with Gasteiger partial charge in [-0.2, -0.15) is 0 Å². The van der Waals surface area contributed by atoms with Crippen LogP contribution >= 0.6 is 0 Å². The number of benzene rings is 5. The van der Waals surface area contributed by atoms with E-state index in [1.807, 2.05) is 63.2 Å². The molecule has 0 aliphatic heterocycles. The predicted molar refractivity (Wildman–Crippen MR) is 163 cm³/mol. The average molecular weight is 530 g/mol. The molecule has 0 amide bonds. The van der Waals surface area contributed by atoms with E-state index in [2.05, 4.69) is 56.3 Å². The highest BCUT2D eigenvalue weighted by Gasteiger charge is 2.35. The van der Waals surface area contributed by atoms with Gasteiger partial charge in [-0.05, 0) is 90.0 Å². The van der Waals surface area contributed by atoms with E-state index in [0.717, 1.165) is 16.7 Å². The normalized spacial score (nSPS) is 13.6. The second-order valence-corrected chi connectivity index (χ2v) is 12.1. The number of rotatable bonds is 4. The Kier molecular flexibility index (Phi) is 6.14. The average Bonchev–Trinajstić information content (AvgIpc) is 3.17. The number of halogens is 2. The van der Waals surface area contributed by atoms with Crippen molar-refractivity contribution >= 4 is 11.4 Å². The van der Waals surface area contributed by atoms with Crippen molar-refractivity contribution in [1.29, 1.82) is 0 Å². The van der Waals surface area contributed by atoms with Crippen LogP contribution < -0.4 is 4.90 Å². The molecule has 3 heteroatoms. The molecule has 5 aromatic rings. The van der Waals surface area contributed by atoms with Gasteiger partial charge in [0.1, 0.15) is 5.82 Å². The van der Waals surface area contributed by atoms with Gasteiger partial charge in [0.25, 0.3) is 0 Å². The number of para-hydroxylation sites is 1. The Morgan fingerprint density at radius 3 is 1.90 bits per heavy atom.